The van der Waals surface area contributed by atoms with Gasteiger partial charge in [-0.25, -0.2) is 0 Å². The molecule has 0 heterocycles. The Kier molecular flexibility index (Phi) is 4.60. The molecule has 0 aliphatic carbocycles. The predicted octanol–water partition coefficient (Wildman–Crippen LogP) is 3.72. The van der Waals surface area contributed by atoms with Crippen molar-refractivity contribution in [3.8, 4) is 0 Å². The Morgan fingerprint density at radius 1 is 1.36 bits per heavy atom. The van der Waals surface area contributed by atoms with Crippen LogP contribution in [0.25, 0.3) is 0 Å². The molecule has 0 fully saturated rings. The van der Waals surface area contributed by atoms with E-state index in [1.165, 1.54) is 11.1 Å². The molecule has 62 valence electrons. The van der Waals surface area contributed by atoms with Gasteiger partial charge in [-0.15, -0.1) is 6.58 Å². The zero-order chi connectivity index (χ0) is 8.85. The van der Waals surface area contributed by atoms with Gasteiger partial charge in [0.1, 0.15) is 0 Å². The first-order valence-corrected chi connectivity index (χ1v) is 4.06. The van der Waals surface area contributed by atoms with E-state index in [9.17, 15) is 0 Å². The third kappa shape index (κ3) is 3.22. The van der Waals surface area contributed by atoms with Crippen LogP contribution >= 0.6 is 0 Å². The molecular formula is C11H18. The second-order valence-electron chi connectivity index (χ2n) is 2.98. The molecule has 0 radical (unpaired) electrons. The molecule has 11 heavy (non-hydrogen) atoms. The molecule has 0 spiro atoms. The highest BCUT2D eigenvalue weighted by molar-refractivity contribution is 5.27. The summed E-state index contributed by atoms with van der Waals surface area (Å²) in [7, 11) is 0. The van der Waals surface area contributed by atoms with Crippen LogP contribution in [-0.2, 0) is 0 Å². The molecule has 1 unspecified atom stereocenters. The molecule has 0 rings (SSSR count). The minimum Gasteiger partial charge on any atom is -0.102 e. The summed E-state index contributed by atoms with van der Waals surface area (Å²) in [5.41, 5.74) is 2.75. The summed E-state index contributed by atoms with van der Waals surface area (Å²) in [6, 6.07) is 0. The van der Waals surface area contributed by atoms with Gasteiger partial charge in [-0.3, -0.25) is 0 Å². The van der Waals surface area contributed by atoms with Gasteiger partial charge in [-0.2, -0.15) is 0 Å². The number of allylic oxidation sites excluding steroid dienone is 5. The smallest absolute Gasteiger partial charge is 0.00139 e. The van der Waals surface area contributed by atoms with Crippen molar-refractivity contribution >= 4 is 0 Å². The summed E-state index contributed by atoms with van der Waals surface area (Å²) in [5.74, 6) is 0.469. The van der Waals surface area contributed by atoms with E-state index in [1.807, 2.05) is 13.0 Å². The zero-order valence-corrected chi connectivity index (χ0v) is 8.02. The molecule has 1 atom stereocenters. The molecule has 0 aromatic carbocycles. The third-order valence-corrected chi connectivity index (χ3v) is 1.77. The normalized spacial score (nSPS) is 13.1. The van der Waals surface area contributed by atoms with E-state index >= 15 is 0 Å². The van der Waals surface area contributed by atoms with Crippen molar-refractivity contribution in [2.45, 2.75) is 27.7 Å². The molecule has 0 N–H and O–H groups in total. The third-order valence-electron chi connectivity index (χ3n) is 1.77. The van der Waals surface area contributed by atoms with Crippen LogP contribution in [0.15, 0.2) is 36.0 Å². The lowest BCUT2D eigenvalue weighted by atomic mass is 9.97. The van der Waals surface area contributed by atoms with Gasteiger partial charge in [-0.1, -0.05) is 30.7 Å². The fourth-order valence-electron chi connectivity index (χ4n) is 1.08. The van der Waals surface area contributed by atoms with E-state index in [0.29, 0.717) is 5.92 Å². The van der Waals surface area contributed by atoms with Gasteiger partial charge in [0.15, 0.2) is 0 Å². The van der Waals surface area contributed by atoms with Crippen molar-refractivity contribution in [3.05, 3.63) is 36.0 Å². The standard InChI is InChI=1S/C11H18/c1-6-8-11(9(3)4)10(5)7-2/h6-8,10H,2H2,1,3-5H3. The number of rotatable bonds is 3. The van der Waals surface area contributed by atoms with E-state index in [4.69, 9.17) is 0 Å². The first kappa shape index (κ1) is 10.2. The lowest BCUT2D eigenvalue weighted by Gasteiger charge is -2.09. The first-order valence-electron chi connectivity index (χ1n) is 4.06. The number of hydrogen-bond acceptors (Lipinski definition) is 0. The van der Waals surface area contributed by atoms with Gasteiger partial charge in [0.25, 0.3) is 0 Å². The average molecular weight is 150 g/mol. The molecule has 0 aromatic rings. The second-order valence-corrected chi connectivity index (χ2v) is 2.98. The Morgan fingerprint density at radius 3 is 2.18 bits per heavy atom. The monoisotopic (exact) mass is 150 g/mol. The summed E-state index contributed by atoms with van der Waals surface area (Å²) >= 11 is 0. The quantitative estimate of drug-likeness (QED) is 0.425. The minimum absolute atomic E-state index is 0.469. The van der Waals surface area contributed by atoms with Crippen LogP contribution in [0.4, 0.5) is 0 Å². The molecule has 0 saturated heterocycles. The van der Waals surface area contributed by atoms with Gasteiger partial charge < -0.3 is 0 Å². The average Bonchev–Trinajstić information content (AvgIpc) is 1.98. The molecule has 0 nitrogen and oxygen atoms in total. The molecule has 0 aliphatic heterocycles. The van der Waals surface area contributed by atoms with Crippen LogP contribution < -0.4 is 0 Å². The van der Waals surface area contributed by atoms with E-state index < -0.39 is 0 Å². The predicted molar refractivity (Wildman–Crippen MR) is 52.5 cm³/mol. The molecule has 0 aliphatic rings. The van der Waals surface area contributed by atoms with Crippen LogP contribution in [0.5, 0.6) is 0 Å². The van der Waals surface area contributed by atoms with E-state index in [0.717, 1.165) is 0 Å². The van der Waals surface area contributed by atoms with Crippen LogP contribution in [0, 0.1) is 5.92 Å². The zero-order valence-electron chi connectivity index (χ0n) is 8.02. The van der Waals surface area contributed by atoms with Gasteiger partial charge in [0.2, 0.25) is 0 Å². The van der Waals surface area contributed by atoms with Crippen molar-refractivity contribution in [2.75, 3.05) is 0 Å². The van der Waals surface area contributed by atoms with E-state index in [2.05, 4.69) is 39.5 Å². The Hall–Kier alpha value is -0.780. The molecule has 0 saturated carbocycles. The molecule has 0 bridgehead atoms. The van der Waals surface area contributed by atoms with Crippen molar-refractivity contribution in [1.82, 2.24) is 0 Å². The SMILES string of the molecule is C=CC(C)C(C=CC)=C(C)C. The van der Waals surface area contributed by atoms with Crippen LogP contribution in [0.3, 0.4) is 0 Å². The van der Waals surface area contributed by atoms with Gasteiger partial charge in [0, 0.05) is 0 Å². The molecular weight excluding hydrogens is 132 g/mol. The fourth-order valence-corrected chi connectivity index (χ4v) is 1.08. The second kappa shape index (κ2) is 4.95. The first-order chi connectivity index (χ1) is 5.13. The summed E-state index contributed by atoms with van der Waals surface area (Å²) in [6.45, 7) is 12.2. The highest BCUT2D eigenvalue weighted by atomic mass is 14.1. The topological polar surface area (TPSA) is 0 Å². The van der Waals surface area contributed by atoms with Gasteiger partial charge >= 0.3 is 0 Å². The van der Waals surface area contributed by atoms with Gasteiger partial charge in [-0.05, 0) is 32.3 Å². The van der Waals surface area contributed by atoms with Crippen molar-refractivity contribution < 1.29 is 0 Å². The maximum Gasteiger partial charge on any atom is -0.00139 e. The van der Waals surface area contributed by atoms with Crippen LogP contribution in [0.2, 0.25) is 0 Å². The summed E-state index contributed by atoms with van der Waals surface area (Å²) in [5, 5.41) is 0. The lowest BCUT2D eigenvalue weighted by Crippen LogP contribution is -1.94. The van der Waals surface area contributed by atoms with E-state index in [1.54, 1.807) is 0 Å². The number of hydrogen-bond donors (Lipinski definition) is 0. The molecule has 0 aromatic heterocycles. The minimum atomic E-state index is 0.469. The maximum atomic E-state index is 3.78. The maximum absolute atomic E-state index is 3.78. The Balaban J connectivity index is 4.62. The molecule has 0 heteroatoms. The van der Waals surface area contributed by atoms with Gasteiger partial charge in [0.05, 0.1) is 0 Å². The van der Waals surface area contributed by atoms with Crippen molar-refractivity contribution in [1.29, 1.82) is 0 Å². The Morgan fingerprint density at radius 2 is 1.91 bits per heavy atom. The highest BCUT2D eigenvalue weighted by Gasteiger charge is 2.01. The van der Waals surface area contributed by atoms with Crippen LogP contribution in [-0.4, -0.2) is 0 Å². The fraction of sp³-hybridized carbons (Fsp3) is 0.455. The van der Waals surface area contributed by atoms with Crippen molar-refractivity contribution in [3.63, 3.8) is 0 Å². The Labute approximate surface area is 70.3 Å². The lowest BCUT2D eigenvalue weighted by molar-refractivity contribution is 0.876. The molecule has 0 amide bonds. The largest absolute Gasteiger partial charge is 0.102 e. The highest BCUT2D eigenvalue weighted by Crippen LogP contribution is 2.17. The summed E-state index contributed by atoms with van der Waals surface area (Å²) in [6.07, 6.45) is 6.20. The summed E-state index contributed by atoms with van der Waals surface area (Å²) < 4.78 is 0. The Bertz CT molecular complexity index is 178. The summed E-state index contributed by atoms with van der Waals surface area (Å²) in [4.78, 5) is 0. The van der Waals surface area contributed by atoms with Crippen molar-refractivity contribution in [2.24, 2.45) is 5.92 Å². The van der Waals surface area contributed by atoms with E-state index in [-0.39, 0.29) is 0 Å². The van der Waals surface area contributed by atoms with Crippen LogP contribution in [0.1, 0.15) is 27.7 Å².